The molecule has 0 fully saturated rings. The van der Waals surface area contributed by atoms with Crippen LogP contribution < -0.4 is 4.74 Å². The number of amides is 1. The summed E-state index contributed by atoms with van der Waals surface area (Å²) in [6.07, 6.45) is 3.61. The van der Waals surface area contributed by atoms with E-state index in [1.54, 1.807) is 6.08 Å². The van der Waals surface area contributed by atoms with E-state index in [9.17, 15) is 4.79 Å². The zero-order valence-electron chi connectivity index (χ0n) is 15.5. The average Bonchev–Trinajstić information content (AvgIpc) is 2.58. The quantitative estimate of drug-likeness (QED) is 0.671. The van der Waals surface area contributed by atoms with E-state index in [1.165, 1.54) is 0 Å². The van der Waals surface area contributed by atoms with Crippen LogP contribution >= 0.6 is 0 Å². The summed E-state index contributed by atoms with van der Waals surface area (Å²) in [5.74, 6) is 0.823. The smallest absolute Gasteiger partial charge is 0.247 e. The molecule has 0 spiro atoms. The van der Waals surface area contributed by atoms with Gasteiger partial charge < -0.3 is 9.64 Å². The first-order valence-electron chi connectivity index (χ1n) is 8.75. The van der Waals surface area contributed by atoms with Gasteiger partial charge in [0.05, 0.1) is 6.10 Å². The number of carbonyl (C=O) groups is 1. The van der Waals surface area contributed by atoms with Gasteiger partial charge in [0.2, 0.25) is 5.91 Å². The van der Waals surface area contributed by atoms with E-state index in [0.717, 1.165) is 16.9 Å². The summed E-state index contributed by atoms with van der Waals surface area (Å²) in [4.78, 5) is 14.5. The van der Waals surface area contributed by atoms with Crippen LogP contribution in [-0.4, -0.2) is 23.0 Å². The molecule has 1 amide bonds. The lowest BCUT2D eigenvalue weighted by Gasteiger charge is -2.25. The second kappa shape index (κ2) is 9.07. The summed E-state index contributed by atoms with van der Waals surface area (Å²) >= 11 is 0. The van der Waals surface area contributed by atoms with Gasteiger partial charge in [0.15, 0.2) is 0 Å². The van der Waals surface area contributed by atoms with Gasteiger partial charge in [0.1, 0.15) is 5.75 Å². The maximum atomic E-state index is 12.6. The van der Waals surface area contributed by atoms with Crippen LogP contribution in [0.4, 0.5) is 0 Å². The Kier molecular flexibility index (Phi) is 6.81. The minimum atomic E-state index is 0.00836. The van der Waals surface area contributed by atoms with E-state index >= 15 is 0 Å². The molecule has 0 aromatic heterocycles. The molecule has 25 heavy (non-hydrogen) atoms. The Morgan fingerprint density at radius 2 is 1.76 bits per heavy atom. The number of hydrogen-bond acceptors (Lipinski definition) is 2. The van der Waals surface area contributed by atoms with E-state index in [0.29, 0.717) is 6.54 Å². The third-order valence-electron chi connectivity index (χ3n) is 3.75. The number of hydrogen-bond donors (Lipinski definition) is 0. The number of nitrogens with zero attached hydrogens (tertiary/aromatic N) is 1. The molecule has 2 rings (SSSR count). The van der Waals surface area contributed by atoms with Gasteiger partial charge in [-0.25, -0.2) is 0 Å². The van der Waals surface area contributed by atoms with Gasteiger partial charge in [0, 0.05) is 18.7 Å². The van der Waals surface area contributed by atoms with Gasteiger partial charge in [-0.1, -0.05) is 42.5 Å². The number of benzene rings is 2. The van der Waals surface area contributed by atoms with Crippen molar-refractivity contribution in [3.8, 4) is 5.75 Å². The van der Waals surface area contributed by atoms with E-state index in [4.69, 9.17) is 4.74 Å². The summed E-state index contributed by atoms with van der Waals surface area (Å²) in [5.41, 5.74) is 2.08. The Morgan fingerprint density at radius 3 is 2.40 bits per heavy atom. The van der Waals surface area contributed by atoms with Crippen molar-refractivity contribution >= 4 is 12.0 Å². The molecule has 0 saturated heterocycles. The minimum Gasteiger partial charge on any atom is -0.491 e. The standard InChI is InChI=1S/C22H27NO2/c1-17(2)23(16-20-9-6-5-7-10-20)22(24)14-13-19-11-8-12-21(15-19)25-18(3)4/h5-15,17-18H,16H2,1-4H3/b14-13+. The summed E-state index contributed by atoms with van der Waals surface area (Å²) in [7, 11) is 0. The van der Waals surface area contributed by atoms with E-state index in [-0.39, 0.29) is 18.1 Å². The largest absolute Gasteiger partial charge is 0.491 e. The van der Waals surface area contributed by atoms with Gasteiger partial charge in [-0.3, -0.25) is 4.79 Å². The highest BCUT2D eigenvalue weighted by Crippen LogP contribution is 2.16. The molecule has 3 heteroatoms. The Morgan fingerprint density at radius 1 is 1.04 bits per heavy atom. The maximum Gasteiger partial charge on any atom is 0.247 e. The Bertz CT molecular complexity index is 705. The van der Waals surface area contributed by atoms with E-state index in [1.807, 2.05) is 93.3 Å². The normalized spacial score (nSPS) is 11.3. The lowest BCUT2D eigenvalue weighted by Crippen LogP contribution is -2.35. The van der Waals surface area contributed by atoms with Crippen LogP contribution in [0.25, 0.3) is 6.08 Å². The molecule has 2 aromatic carbocycles. The first-order chi connectivity index (χ1) is 12.0. The molecule has 0 saturated carbocycles. The molecular formula is C22H27NO2. The van der Waals surface area contributed by atoms with Gasteiger partial charge in [-0.05, 0) is 57.0 Å². The fourth-order valence-electron chi connectivity index (χ4n) is 2.52. The predicted octanol–water partition coefficient (Wildman–Crippen LogP) is 4.92. The lowest BCUT2D eigenvalue weighted by molar-refractivity contribution is -0.128. The molecule has 0 N–H and O–H groups in total. The van der Waals surface area contributed by atoms with Gasteiger partial charge in [-0.2, -0.15) is 0 Å². The van der Waals surface area contributed by atoms with Crippen LogP contribution in [0.5, 0.6) is 5.75 Å². The molecule has 132 valence electrons. The molecule has 0 aliphatic rings. The molecule has 0 radical (unpaired) electrons. The number of rotatable bonds is 7. The van der Waals surface area contributed by atoms with Crippen molar-refractivity contribution in [2.75, 3.05) is 0 Å². The predicted molar refractivity (Wildman–Crippen MR) is 103 cm³/mol. The highest BCUT2D eigenvalue weighted by Gasteiger charge is 2.14. The Balaban J connectivity index is 2.08. The topological polar surface area (TPSA) is 29.5 Å². The third-order valence-corrected chi connectivity index (χ3v) is 3.75. The lowest BCUT2D eigenvalue weighted by atomic mass is 10.1. The van der Waals surface area contributed by atoms with Crippen molar-refractivity contribution in [2.24, 2.45) is 0 Å². The second-order valence-corrected chi connectivity index (χ2v) is 6.62. The van der Waals surface area contributed by atoms with Gasteiger partial charge in [-0.15, -0.1) is 0 Å². The van der Waals surface area contributed by atoms with Crippen molar-refractivity contribution < 1.29 is 9.53 Å². The Labute approximate surface area is 150 Å². The number of ether oxygens (including phenoxy) is 1. The van der Waals surface area contributed by atoms with Crippen molar-refractivity contribution in [1.29, 1.82) is 0 Å². The average molecular weight is 337 g/mol. The molecule has 0 unspecified atom stereocenters. The zero-order valence-corrected chi connectivity index (χ0v) is 15.5. The summed E-state index contributed by atoms with van der Waals surface area (Å²) in [6, 6.07) is 18.0. The third kappa shape index (κ3) is 6.11. The minimum absolute atomic E-state index is 0.00836. The molecule has 3 nitrogen and oxygen atoms in total. The molecule has 2 aromatic rings. The zero-order chi connectivity index (χ0) is 18.2. The molecule has 0 bridgehead atoms. The van der Waals surface area contributed by atoms with Gasteiger partial charge >= 0.3 is 0 Å². The van der Waals surface area contributed by atoms with Crippen molar-refractivity contribution in [3.05, 3.63) is 71.8 Å². The number of carbonyl (C=O) groups excluding carboxylic acids is 1. The fraction of sp³-hybridized carbons (Fsp3) is 0.318. The highest BCUT2D eigenvalue weighted by atomic mass is 16.5. The van der Waals surface area contributed by atoms with Crippen LogP contribution in [-0.2, 0) is 11.3 Å². The second-order valence-electron chi connectivity index (χ2n) is 6.62. The first kappa shape index (κ1) is 18.8. The van der Waals surface area contributed by atoms with Crippen molar-refractivity contribution in [2.45, 2.75) is 46.4 Å². The highest BCUT2D eigenvalue weighted by molar-refractivity contribution is 5.92. The molecular weight excluding hydrogens is 310 g/mol. The summed E-state index contributed by atoms with van der Waals surface area (Å²) in [5, 5.41) is 0. The SMILES string of the molecule is CC(C)Oc1cccc(/C=C/C(=O)N(Cc2ccccc2)C(C)C)c1. The van der Waals surface area contributed by atoms with Crippen LogP contribution in [0.1, 0.15) is 38.8 Å². The first-order valence-corrected chi connectivity index (χ1v) is 8.75. The Hall–Kier alpha value is -2.55. The summed E-state index contributed by atoms with van der Waals surface area (Å²) in [6.45, 7) is 8.67. The molecule has 0 atom stereocenters. The molecule has 0 aliphatic carbocycles. The fourth-order valence-corrected chi connectivity index (χ4v) is 2.52. The molecule has 0 heterocycles. The molecule has 0 aliphatic heterocycles. The van der Waals surface area contributed by atoms with Crippen LogP contribution in [0, 0.1) is 0 Å². The van der Waals surface area contributed by atoms with E-state index in [2.05, 4.69) is 0 Å². The van der Waals surface area contributed by atoms with Crippen LogP contribution in [0.3, 0.4) is 0 Å². The van der Waals surface area contributed by atoms with Crippen LogP contribution in [0.15, 0.2) is 60.7 Å². The maximum absolute atomic E-state index is 12.6. The monoisotopic (exact) mass is 337 g/mol. The van der Waals surface area contributed by atoms with Crippen LogP contribution in [0.2, 0.25) is 0 Å². The van der Waals surface area contributed by atoms with Crippen molar-refractivity contribution in [1.82, 2.24) is 4.90 Å². The summed E-state index contributed by atoms with van der Waals surface area (Å²) < 4.78 is 5.70. The van der Waals surface area contributed by atoms with E-state index < -0.39 is 0 Å². The van der Waals surface area contributed by atoms with Gasteiger partial charge in [0.25, 0.3) is 0 Å². The van der Waals surface area contributed by atoms with Crippen molar-refractivity contribution in [3.63, 3.8) is 0 Å².